The summed E-state index contributed by atoms with van der Waals surface area (Å²) in [5.74, 6) is 0. The molecule has 3 rings (SSSR count). The van der Waals surface area contributed by atoms with E-state index in [2.05, 4.69) is 35.3 Å². The van der Waals surface area contributed by atoms with Gasteiger partial charge in [-0.1, -0.05) is 6.07 Å². The third kappa shape index (κ3) is 2.71. The average molecular weight is 260 g/mol. The topological polar surface area (TPSA) is 24.5 Å². The molecule has 0 radical (unpaired) electrons. The molecule has 2 heterocycles. The van der Waals surface area contributed by atoms with Gasteiger partial charge in [0.2, 0.25) is 0 Å². The normalized spacial score (nSPS) is 22.8. The Morgan fingerprint density at radius 3 is 3.21 bits per heavy atom. The van der Waals surface area contributed by atoms with Crippen molar-refractivity contribution in [3.05, 3.63) is 23.8 Å². The van der Waals surface area contributed by atoms with Gasteiger partial charge in [0.15, 0.2) is 0 Å². The summed E-state index contributed by atoms with van der Waals surface area (Å²) >= 11 is 0. The molecule has 1 N–H and O–H groups in total. The highest BCUT2D eigenvalue weighted by molar-refractivity contribution is 5.68. The Morgan fingerprint density at radius 2 is 2.32 bits per heavy atom. The minimum atomic E-state index is 0.408. The maximum atomic E-state index is 5.82. The van der Waals surface area contributed by atoms with Gasteiger partial charge in [-0.3, -0.25) is 0 Å². The zero-order chi connectivity index (χ0) is 13.1. The first-order chi connectivity index (χ1) is 9.38. The highest BCUT2D eigenvalue weighted by Gasteiger charge is 2.23. The van der Waals surface area contributed by atoms with E-state index in [1.807, 2.05) is 0 Å². The van der Waals surface area contributed by atoms with Gasteiger partial charge in [0, 0.05) is 37.6 Å². The van der Waals surface area contributed by atoms with Crippen molar-refractivity contribution in [2.75, 3.05) is 36.5 Å². The Morgan fingerprint density at radius 1 is 1.37 bits per heavy atom. The van der Waals surface area contributed by atoms with Crippen LogP contribution in [0.1, 0.15) is 31.7 Å². The molecule has 0 bridgehead atoms. The second-order valence-electron chi connectivity index (χ2n) is 5.50. The fourth-order valence-electron chi connectivity index (χ4n) is 3.32. The van der Waals surface area contributed by atoms with Crippen LogP contribution >= 0.6 is 0 Å². The maximum Gasteiger partial charge on any atom is 0.0750 e. The summed E-state index contributed by atoms with van der Waals surface area (Å²) in [6, 6.07) is 6.67. The van der Waals surface area contributed by atoms with Gasteiger partial charge < -0.3 is 15.0 Å². The monoisotopic (exact) mass is 260 g/mol. The number of hydrogen-bond acceptors (Lipinski definition) is 3. The van der Waals surface area contributed by atoms with Crippen LogP contribution in [0.3, 0.4) is 0 Å². The van der Waals surface area contributed by atoms with Crippen LogP contribution in [0, 0.1) is 0 Å². The number of rotatable bonds is 3. The minimum absolute atomic E-state index is 0.408. The van der Waals surface area contributed by atoms with Crippen LogP contribution in [0.25, 0.3) is 0 Å². The van der Waals surface area contributed by atoms with Crippen LogP contribution in [0.4, 0.5) is 11.4 Å². The second kappa shape index (κ2) is 5.83. The van der Waals surface area contributed by atoms with E-state index >= 15 is 0 Å². The highest BCUT2D eigenvalue weighted by Crippen LogP contribution is 2.33. The molecular weight excluding hydrogens is 236 g/mol. The molecular formula is C16H24N2O. The highest BCUT2D eigenvalue weighted by atomic mass is 16.5. The summed E-state index contributed by atoms with van der Waals surface area (Å²) in [7, 11) is 0. The molecule has 3 nitrogen and oxygen atoms in total. The molecule has 1 aromatic carbocycles. The van der Waals surface area contributed by atoms with Crippen molar-refractivity contribution in [2.24, 2.45) is 0 Å². The van der Waals surface area contributed by atoms with Gasteiger partial charge in [-0.2, -0.15) is 0 Å². The number of nitrogens with one attached hydrogen (secondary N) is 1. The lowest BCUT2D eigenvalue weighted by atomic mass is 9.98. The summed E-state index contributed by atoms with van der Waals surface area (Å²) in [6.45, 7) is 6.24. The van der Waals surface area contributed by atoms with Gasteiger partial charge in [-0.25, -0.2) is 0 Å². The van der Waals surface area contributed by atoms with Gasteiger partial charge in [-0.05, 0) is 50.3 Å². The van der Waals surface area contributed by atoms with Crippen molar-refractivity contribution < 1.29 is 4.74 Å². The maximum absolute atomic E-state index is 5.82. The average Bonchev–Trinajstić information content (AvgIpc) is 2.47. The van der Waals surface area contributed by atoms with Gasteiger partial charge >= 0.3 is 0 Å². The first-order valence-electron chi connectivity index (χ1n) is 7.61. The van der Waals surface area contributed by atoms with Crippen LogP contribution in [0.2, 0.25) is 0 Å². The predicted octanol–water partition coefficient (Wildman–Crippen LogP) is 3.05. The SMILES string of the molecule is CCOC1CCCN(c2cccc3c2CCCN3)C1. The van der Waals surface area contributed by atoms with Crippen LogP contribution < -0.4 is 10.2 Å². The number of fused-ring (bicyclic) bond motifs is 1. The quantitative estimate of drug-likeness (QED) is 0.904. The lowest BCUT2D eigenvalue weighted by Gasteiger charge is -2.36. The summed E-state index contributed by atoms with van der Waals surface area (Å²) in [6.07, 6.45) is 5.30. The van der Waals surface area contributed by atoms with E-state index in [0.29, 0.717) is 6.10 Å². The summed E-state index contributed by atoms with van der Waals surface area (Å²) in [5.41, 5.74) is 4.27. The lowest BCUT2D eigenvalue weighted by molar-refractivity contribution is 0.0526. The van der Waals surface area contributed by atoms with E-state index in [0.717, 1.165) is 19.7 Å². The molecule has 1 fully saturated rings. The molecule has 3 heteroatoms. The van der Waals surface area contributed by atoms with Crippen molar-refractivity contribution >= 4 is 11.4 Å². The van der Waals surface area contributed by atoms with Gasteiger partial charge in [0.1, 0.15) is 0 Å². The number of anilines is 2. The Hall–Kier alpha value is -1.22. The van der Waals surface area contributed by atoms with Crippen LogP contribution in [0.5, 0.6) is 0 Å². The molecule has 1 unspecified atom stereocenters. The summed E-state index contributed by atoms with van der Waals surface area (Å²) < 4.78 is 5.82. The number of nitrogens with zero attached hydrogens (tertiary/aromatic N) is 1. The van der Waals surface area contributed by atoms with Crippen LogP contribution in [-0.2, 0) is 11.2 Å². The summed E-state index contributed by atoms with van der Waals surface area (Å²) in [5, 5.41) is 3.52. The van der Waals surface area contributed by atoms with Crippen molar-refractivity contribution in [1.29, 1.82) is 0 Å². The smallest absolute Gasteiger partial charge is 0.0750 e. The molecule has 0 aromatic heterocycles. The molecule has 0 aliphatic carbocycles. The van der Waals surface area contributed by atoms with E-state index in [1.165, 1.54) is 49.2 Å². The van der Waals surface area contributed by atoms with E-state index in [9.17, 15) is 0 Å². The van der Waals surface area contributed by atoms with E-state index in [4.69, 9.17) is 4.74 Å². The Kier molecular flexibility index (Phi) is 3.92. The number of ether oxygens (including phenoxy) is 1. The van der Waals surface area contributed by atoms with Gasteiger partial charge in [-0.15, -0.1) is 0 Å². The molecule has 0 saturated carbocycles. The predicted molar refractivity (Wildman–Crippen MR) is 80.1 cm³/mol. The van der Waals surface area contributed by atoms with Gasteiger partial charge in [0.25, 0.3) is 0 Å². The van der Waals surface area contributed by atoms with E-state index in [-0.39, 0.29) is 0 Å². The van der Waals surface area contributed by atoms with Crippen molar-refractivity contribution in [2.45, 2.75) is 38.7 Å². The largest absolute Gasteiger partial charge is 0.385 e. The minimum Gasteiger partial charge on any atom is -0.385 e. The third-order valence-corrected chi connectivity index (χ3v) is 4.19. The number of benzene rings is 1. The zero-order valence-electron chi connectivity index (χ0n) is 11.8. The van der Waals surface area contributed by atoms with Crippen molar-refractivity contribution in [1.82, 2.24) is 0 Å². The number of piperidine rings is 1. The van der Waals surface area contributed by atoms with Crippen LogP contribution in [-0.4, -0.2) is 32.3 Å². The number of hydrogen-bond donors (Lipinski definition) is 1. The third-order valence-electron chi connectivity index (χ3n) is 4.19. The zero-order valence-corrected chi connectivity index (χ0v) is 11.8. The van der Waals surface area contributed by atoms with Crippen LogP contribution in [0.15, 0.2) is 18.2 Å². The van der Waals surface area contributed by atoms with Crippen molar-refractivity contribution in [3.63, 3.8) is 0 Å². The Balaban J connectivity index is 1.81. The second-order valence-corrected chi connectivity index (χ2v) is 5.50. The Bertz CT molecular complexity index is 431. The van der Waals surface area contributed by atoms with Gasteiger partial charge in [0.05, 0.1) is 6.10 Å². The fourth-order valence-corrected chi connectivity index (χ4v) is 3.32. The lowest BCUT2D eigenvalue weighted by Crippen LogP contribution is -2.40. The molecule has 1 aromatic rings. The molecule has 0 amide bonds. The standard InChI is InChI=1S/C16H24N2O/c1-2-19-13-6-5-11-18(12-13)16-9-3-8-15-14(16)7-4-10-17-15/h3,8-9,13,17H,2,4-7,10-12H2,1H3. The molecule has 2 aliphatic rings. The van der Waals surface area contributed by atoms with E-state index < -0.39 is 0 Å². The molecule has 0 spiro atoms. The Labute approximate surface area is 115 Å². The fraction of sp³-hybridized carbons (Fsp3) is 0.625. The molecule has 1 saturated heterocycles. The molecule has 19 heavy (non-hydrogen) atoms. The first kappa shape index (κ1) is 12.8. The first-order valence-corrected chi connectivity index (χ1v) is 7.61. The molecule has 2 aliphatic heterocycles. The van der Waals surface area contributed by atoms with E-state index in [1.54, 1.807) is 0 Å². The van der Waals surface area contributed by atoms with Crippen molar-refractivity contribution in [3.8, 4) is 0 Å². The summed E-state index contributed by atoms with van der Waals surface area (Å²) in [4.78, 5) is 2.52. The molecule has 104 valence electrons. The molecule has 1 atom stereocenters.